The molecule has 70 valence electrons. The number of alkyl halides is 2. The SMILES string of the molecule is FC(F)(c1cnc(Br)cn1)C1CC1. The molecule has 0 amide bonds. The summed E-state index contributed by atoms with van der Waals surface area (Å²) in [6.07, 6.45) is 3.60. The maximum Gasteiger partial charge on any atom is 0.293 e. The highest BCUT2D eigenvalue weighted by molar-refractivity contribution is 9.10. The second-order valence-corrected chi connectivity index (χ2v) is 3.93. The molecule has 0 spiro atoms. The van der Waals surface area contributed by atoms with E-state index in [2.05, 4.69) is 25.9 Å². The third kappa shape index (κ3) is 1.70. The molecule has 0 atom stereocenters. The quantitative estimate of drug-likeness (QED) is 0.805. The Labute approximate surface area is 82.5 Å². The summed E-state index contributed by atoms with van der Waals surface area (Å²) in [7, 11) is 0. The minimum atomic E-state index is -2.80. The summed E-state index contributed by atoms with van der Waals surface area (Å²) in [4.78, 5) is 7.38. The number of hydrogen-bond donors (Lipinski definition) is 0. The Hall–Kier alpha value is -0.580. The Balaban J connectivity index is 2.28. The standard InChI is InChI=1S/C8H7BrF2N2/c9-7-4-12-6(3-13-7)8(10,11)5-1-2-5/h3-5H,1-2H2. The molecule has 0 aromatic carbocycles. The fraction of sp³-hybridized carbons (Fsp3) is 0.500. The molecule has 1 aromatic heterocycles. The summed E-state index contributed by atoms with van der Waals surface area (Å²) in [5.41, 5.74) is -0.224. The molecule has 1 heterocycles. The Bertz CT molecular complexity index is 308. The molecule has 0 aliphatic heterocycles. The second-order valence-electron chi connectivity index (χ2n) is 3.12. The number of nitrogens with zero attached hydrogens (tertiary/aromatic N) is 2. The lowest BCUT2D eigenvalue weighted by atomic mass is 10.1. The van der Waals surface area contributed by atoms with E-state index in [1.54, 1.807) is 0 Å². The van der Waals surface area contributed by atoms with Crippen LogP contribution in [-0.2, 0) is 5.92 Å². The molecule has 2 rings (SSSR count). The predicted molar refractivity (Wildman–Crippen MR) is 46.4 cm³/mol. The first kappa shape index (κ1) is 8.99. The first-order valence-electron chi connectivity index (χ1n) is 3.96. The van der Waals surface area contributed by atoms with E-state index in [-0.39, 0.29) is 5.69 Å². The second kappa shape index (κ2) is 2.97. The van der Waals surface area contributed by atoms with Crippen LogP contribution in [0.25, 0.3) is 0 Å². The van der Waals surface area contributed by atoms with Crippen molar-refractivity contribution in [2.75, 3.05) is 0 Å². The van der Waals surface area contributed by atoms with Crippen molar-refractivity contribution in [3.63, 3.8) is 0 Å². The van der Waals surface area contributed by atoms with Crippen LogP contribution in [-0.4, -0.2) is 9.97 Å². The third-order valence-electron chi connectivity index (χ3n) is 2.05. The molecule has 0 radical (unpaired) electrons. The van der Waals surface area contributed by atoms with Crippen molar-refractivity contribution in [3.05, 3.63) is 22.7 Å². The van der Waals surface area contributed by atoms with Gasteiger partial charge >= 0.3 is 0 Å². The first-order chi connectivity index (χ1) is 6.10. The highest BCUT2D eigenvalue weighted by Crippen LogP contribution is 2.48. The number of halogens is 3. The first-order valence-corrected chi connectivity index (χ1v) is 4.76. The van der Waals surface area contributed by atoms with Gasteiger partial charge in [-0.15, -0.1) is 0 Å². The summed E-state index contributed by atoms with van der Waals surface area (Å²) < 4.78 is 27.2. The lowest BCUT2D eigenvalue weighted by molar-refractivity contribution is -0.0332. The van der Waals surface area contributed by atoms with Gasteiger partial charge in [0.15, 0.2) is 0 Å². The van der Waals surface area contributed by atoms with Crippen LogP contribution in [0.1, 0.15) is 18.5 Å². The molecule has 1 aromatic rings. The van der Waals surface area contributed by atoms with Crippen molar-refractivity contribution < 1.29 is 8.78 Å². The summed E-state index contributed by atoms with van der Waals surface area (Å²) in [5.74, 6) is -3.32. The number of aromatic nitrogens is 2. The summed E-state index contributed by atoms with van der Waals surface area (Å²) in [6.45, 7) is 0. The molecular formula is C8H7BrF2N2. The van der Waals surface area contributed by atoms with Crippen molar-refractivity contribution in [3.8, 4) is 0 Å². The third-order valence-corrected chi connectivity index (χ3v) is 2.46. The van der Waals surface area contributed by atoms with Crippen LogP contribution < -0.4 is 0 Å². The largest absolute Gasteiger partial charge is 0.293 e. The zero-order valence-corrected chi connectivity index (χ0v) is 8.26. The van der Waals surface area contributed by atoms with Crippen molar-refractivity contribution >= 4 is 15.9 Å². The maximum atomic E-state index is 13.4. The molecule has 1 aliphatic carbocycles. The van der Waals surface area contributed by atoms with Crippen LogP contribution in [0.5, 0.6) is 0 Å². The van der Waals surface area contributed by atoms with Crippen LogP contribution in [0.3, 0.4) is 0 Å². The van der Waals surface area contributed by atoms with Gasteiger partial charge in [-0.2, -0.15) is 8.78 Å². The van der Waals surface area contributed by atoms with Crippen LogP contribution in [0, 0.1) is 5.92 Å². The Kier molecular flexibility index (Phi) is 2.06. The molecule has 1 saturated carbocycles. The van der Waals surface area contributed by atoms with E-state index in [4.69, 9.17) is 0 Å². The summed E-state index contributed by atoms with van der Waals surface area (Å²) >= 11 is 3.05. The van der Waals surface area contributed by atoms with Crippen molar-refractivity contribution in [1.29, 1.82) is 0 Å². The minimum absolute atomic E-state index is 0.224. The Morgan fingerprint density at radius 2 is 2.00 bits per heavy atom. The van der Waals surface area contributed by atoms with Crippen LogP contribution >= 0.6 is 15.9 Å². The smallest absolute Gasteiger partial charge is 0.250 e. The predicted octanol–water partition coefficient (Wildman–Crippen LogP) is 2.74. The highest BCUT2D eigenvalue weighted by atomic mass is 79.9. The normalized spacial score (nSPS) is 17.5. The van der Waals surface area contributed by atoms with Gasteiger partial charge < -0.3 is 0 Å². The minimum Gasteiger partial charge on any atom is -0.250 e. The van der Waals surface area contributed by atoms with Gasteiger partial charge in [0.05, 0.1) is 12.4 Å². The van der Waals surface area contributed by atoms with Gasteiger partial charge in [0.1, 0.15) is 10.3 Å². The average molecular weight is 249 g/mol. The number of hydrogen-bond acceptors (Lipinski definition) is 2. The summed E-state index contributed by atoms with van der Waals surface area (Å²) in [6, 6.07) is 0. The molecule has 2 nitrogen and oxygen atoms in total. The van der Waals surface area contributed by atoms with Gasteiger partial charge in [-0.05, 0) is 28.8 Å². The molecule has 0 unspecified atom stereocenters. The molecule has 13 heavy (non-hydrogen) atoms. The lowest BCUT2D eigenvalue weighted by Gasteiger charge is -2.13. The lowest BCUT2D eigenvalue weighted by Crippen LogP contribution is -2.18. The number of rotatable bonds is 2. The highest BCUT2D eigenvalue weighted by Gasteiger charge is 2.49. The van der Waals surface area contributed by atoms with Gasteiger partial charge in [-0.1, -0.05) is 0 Å². The van der Waals surface area contributed by atoms with Gasteiger partial charge in [-0.3, -0.25) is 4.98 Å². The fourth-order valence-electron chi connectivity index (χ4n) is 1.14. The molecule has 0 saturated heterocycles. The zero-order chi connectivity index (χ0) is 9.47. The van der Waals surface area contributed by atoms with Crippen molar-refractivity contribution in [1.82, 2.24) is 9.97 Å². The molecule has 1 fully saturated rings. The Morgan fingerprint density at radius 3 is 2.46 bits per heavy atom. The van der Waals surface area contributed by atoms with Crippen LogP contribution in [0.15, 0.2) is 17.0 Å². The van der Waals surface area contributed by atoms with Crippen molar-refractivity contribution in [2.24, 2.45) is 5.92 Å². The fourth-order valence-corrected chi connectivity index (χ4v) is 1.34. The molecular weight excluding hydrogens is 242 g/mol. The van der Waals surface area contributed by atoms with Crippen LogP contribution in [0.2, 0.25) is 0 Å². The van der Waals surface area contributed by atoms with Gasteiger partial charge in [0, 0.05) is 5.92 Å². The van der Waals surface area contributed by atoms with E-state index < -0.39 is 11.8 Å². The molecule has 0 bridgehead atoms. The molecule has 1 aliphatic rings. The Morgan fingerprint density at radius 1 is 1.31 bits per heavy atom. The maximum absolute atomic E-state index is 13.4. The average Bonchev–Trinajstić information content (AvgIpc) is 2.87. The zero-order valence-electron chi connectivity index (χ0n) is 6.67. The van der Waals surface area contributed by atoms with E-state index in [9.17, 15) is 8.78 Å². The van der Waals surface area contributed by atoms with Crippen molar-refractivity contribution in [2.45, 2.75) is 18.8 Å². The van der Waals surface area contributed by atoms with E-state index >= 15 is 0 Å². The molecule has 5 heteroatoms. The molecule has 0 N–H and O–H groups in total. The summed E-state index contributed by atoms with van der Waals surface area (Å²) in [5, 5.41) is 0. The van der Waals surface area contributed by atoms with E-state index in [0.717, 1.165) is 6.20 Å². The van der Waals surface area contributed by atoms with Gasteiger partial charge in [0.2, 0.25) is 0 Å². The van der Waals surface area contributed by atoms with E-state index in [0.29, 0.717) is 17.4 Å². The van der Waals surface area contributed by atoms with E-state index in [1.807, 2.05) is 0 Å². The van der Waals surface area contributed by atoms with E-state index in [1.165, 1.54) is 6.20 Å². The van der Waals surface area contributed by atoms with Crippen LogP contribution in [0.4, 0.5) is 8.78 Å². The monoisotopic (exact) mass is 248 g/mol. The van der Waals surface area contributed by atoms with Gasteiger partial charge in [0.25, 0.3) is 5.92 Å². The topological polar surface area (TPSA) is 25.8 Å². The van der Waals surface area contributed by atoms with Gasteiger partial charge in [-0.25, -0.2) is 4.98 Å².